The second kappa shape index (κ2) is 9.82. The van der Waals surface area contributed by atoms with Crippen LogP contribution in [0.25, 0.3) is 0 Å². The highest BCUT2D eigenvalue weighted by atomic mass is 16.5. The van der Waals surface area contributed by atoms with E-state index in [-0.39, 0.29) is 17.7 Å². The van der Waals surface area contributed by atoms with Crippen LogP contribution >= 0.6 is 0 Å². The quantitative estimate of drug-likeness (QED) is 0.776. The number of carbonyl (C=O) groups excluding carboxylic acids is 3. The molecule has 2 saturated heterocycles. The fourth-order valence-corrected chi connectivity index (χ4v) is 3.95. The molecule has 8 nitrogen and oxygen atoms in total. The third kappa shape index (κ3) is 4.91. The van der Waals surface area contributed by atoms with Gasteiger partial charge in [-0.2, -0.15) is 0 Å². The number of nitrogens with one attached hydrogen (secondary N) is 1. The number of piperazine rings is 1. The molecule has 2 aliphatic rings. The van der Waals surface area contributed by atoms with Crippen molar-refractivity contribution < 1.29 is 23.9 Å². The summed E-state index contributed by atoms with van der Waals surface area (Å²) in [5.74, 6) is 0.345. The number of carbonyl (C=O) groups is 3. The number of methoxy groups -OCH3 is 1. The minimum absolute atomic E-state index is 0.0569. The first-order chi connectivity index (χ1) is 15.5. The summed E-state index contributed by atoms with van der Waals surface area (Å²) in [6, 6.07) is 13.9. The fraction of sp³-hybridized carbons (Fsp3) is 0.375. The lowest BCUT2D eigenvalue weighted by Gasteiger charge is -2.35. The van der Waals surface area contributed by atoms with E-state index < -0.39 is 6.10 Å². The van der Waals surface area contributed by atoms with E-state index in [9.17, 15) is 14.4 Å². The second-order valence-corrected chi connectivity index (χ2v) is 7.88. The van der Waals surface area contributed by atoms with Crippen molar-refractivity contribution in [3.8, 4) is 5.75 Å². The van der Waals surface area contributed by atoms with Gasteiger partial charge in [0.2, 0.25) is 0 Å². The lowest BCUT2D eigenvalue weighted by Crippen LogP contribution is -2.50. The molecule has 2 aromatic carbocycles. The van der Waals surface area contributed by atoms with E-state index in [1.165, 1.54) is 0 Å². The van der Waals surface area contributed by atoms with Crippen LogP contribution in [-0.4, -0.2) is 73.5 Å². The second-order valence-electron chi connectivity index (χ2n) is 7.88. The van der Waals surface area contributed by atoms with Crippen molar-refractivity contribution in [3.63, 3.8) is 0 Å². The third-order valence-corrected chi connectivity index (χ3v) is 5.79. The molecule has 0 aliphatic carbocycles. The van der Waals surface area contributed by atoms with Gasteiger partial charge in [0, 0.05) is 49.6 Å². The van der Waals surface area contributed by atoms with Gasteiger partial charge >= 0.3 is 0 Å². The Labute approximate surface area is 187 Å². The van der Waals surface area contributed by atoms with Crippen molar-refractivity contribution in [2.75, 3.05) is 45.2 Å². The zero-order valence-corrected chi connectivity index (χ0v) is 18.1. The van der Waals surface area contributed by atoms with Gasteiger partial charge in [-0.15, -0.1) is 0 Å². The molecule has 0 saturated carbocycles. The van der Waals surface area contributed by atoms with Crippen LogP contribution in [0.2, 0.25) is 0 Å². The Morgan fingerprint density at radius 1 is 0.938 bits per heavy atom. The lowest BCUT2D eigenvalue weighted by atomic mass is 10.1. The number of amides is 3. The SMILES string of the molecule is COc1ccc(C(=O)N2CCN(C(=O)c3cccc(NC(=O)[C@H]4CCCO4)c3)CC2)cc1. The summed E-state index contributed by atoms with van der Waals surface area (Å²) >= 11 is 0. The lowest BCUT2D eigenvalue weighted by molar-refractivity contribution is -0.124. The van der Waals surface area contributed by atoms with Crippen molar-refractivity contribution in [1.29, 1.82) is 0 Å². The van der Waals surface area contributed by atoms with Crippen LogP contribution in [0.1, 0.15) is 33.6 Å². The van der Waals surface area contributed by atoms with E-state index in [0.717, 1.165) is 6.42 Å². The van der Waals surface area contributed by atoms with Gasteiger partial charge in [-0.25, -0.2) is 0 Å². The van der Waals surface area contributed by atoms with Gasteiger partial charge in [-0.3, -0.25) is 14.4 Å². The van der Waals surface area contributed by atoms with Crippen molar-refractivity contribution in [1.82, 2.24) is 9.80 Å². The van der Waals surface area contributed by atoms with E-state index in [1.54, 1.807) is 65.4 Å². The maximum Gasteiger partial charge on any atom is 0.254 e. The molecule has 1 N–H and O–H groups in total. The summed E-state index contributed by atoms with van der Waals surface area (Å²) in [4.78, 5) is 41.5. The largest absolute Gasteiger partial charge is 0.497 e. The first kappa shape index (κ1) is 21.8. The molecule has 0 radical (unpaired) electrons. The summed E-state index contributed by atoms with van der Waals surface area (Å²) in [7, 11) is 1.58. The van der Waals surface area contributed by atoms with Gasteiger partial charge in [0.25, 0.3) is 17.7 Å². The fourth-order valence-electron chi connectivity index (χ4n) is 3.95. The molecule has 0 unspecified atom stereocenters. The van der Waals surface area contributed by atoms with E-state index >= 15 is 0 Å². The number of rotatable bonds is 5. The van der Waals surface area contributed by atoms with E-state index in [0.29, 0.717) is 61.8 Å². The Kier molecular flexibility index (Phi) is 6.70. The van der Waals surface area contributed by atoms with Gasteiger partial charge in [0.1, 0.15) is 11.9 Å². The first-order valence-corrected chi connectivity index (χ1v) is 10.8. The number of hydrogen-bond acceptors (Lipinski definition) is 5. The summed E-state index contributed by atoms with van der Waals surface area (Å²) in [5, 5.41) is 2.83. The summed E-state index contributed by atoms with van der Waals surface area (Å²) in [6.07, 6.45) is 1.17. The topological polar surface area (TPSA) is 88.2 Å². The number of benzene rings is 2. The summed E-state index contributed by atoms with van der Waals surface area (Å²) in [6.45, 7) is 2.43. The highest BCUT2D eigenvalue weighted by Gasteiger charge is 2.26. The van der Waals surface area contributed by atoms with Crippen molar-refractivity contribution >= 4 is 23.4 Å². The smallest absolute Gasteiger partial charge is 0.254 e. The van der Waals surface area contributed by atoms with E-state index in [2.05, 4.69) is 5.32 Å². The molecule has 0 aromatic heterocycles. The van der Waals surface area contributed by atoms with E-state index in [4.69, 9.17) is 9.47 Å². The van der Waals surface area contributed by atoms with Gasteiger partial charge in [-0.1, -0.05) is 6.07 Å². The number of nitrogens with zero attached hydrogens (tertiary/aromatic N) is 2. The van der Waals surface area contributed by atoms with Crippen LogP contribution in [0.4, 0.5) is 5.69 Å². The third-order valence-electron chi connectivity index (χ3n) is 5.79. The Bertz CT molecular complexity index is 977. The molecule has 0 spiro atoms. The molecule has 2 aromatic rings. The molecule has 2 aliphatic heterocycles. The van der Waals surface area contributed by atoms with Gasteiger partial charge in [0.15, 0.2) is 0 Å². The molecule has 1 atom stereocenters. The molecule has 2 fully saturated rings. The normalized spacial score (nSPS) is 18.3. The average molecular weight is 437 g/mol. The van der Waals surface area contributed by atoms with Crippen LogP contribution < -0.4 is 10.1 Å². The number of anilines is 1. The molecular weight excluding hydrogens is 410 g/mol. The Balaban J connectivity index is 1.33. The maximum atomic E-state index is 13.0. The van der Waals surface area contributed by atoms with Gasteiger partial charge in [-0.05, 0) is 55.3 Å². The molecule has 3 amide bonds. The Morgan fingerprint density at radius 3 is 2.19 bits per heavy atom. The van der Waals surface area contributed by atoms with Crippen LogP contribution in [0.3, 0.4) is 0 Å². The Hall–Kier alpha value is -3.39. The molecule has 0 bridgehead atoms. The van der Waals surface area contributed by atoms with Crippen LogP contribution in [0.5, 0.6) is 5.75 Å². The zero-order valence-electron chi connectivity index (χ0n) is 18.1. The predicted octanol–water partition coefficient (Wildman–Crippen LogP) is 2.41. The predicted molar refractivity (Wildman–Crippen MR) is 119 cm³/mol. The summed E-state index contributed by atoms with van der Waals surface area (Å²) in [5.41, 5.74) is 1.68. The first-order valence-electron chi connectivity index (χ1n) is 10.8. The molecule has 2 heterocycles. The molecule has 4 rings (SSSR count). The highest BCUT2D eigenvalue weighted by Crippen LogP contribution is 2.19. The molecule has 8 heteroatoms. The average Bonchev–Trinajstić information content (AvgIpc) is 3.39. The minimum atomic E-state index is -0.425. The van der Waals surface area contributed by atoms with E-state index in [1.807, 2.05) is 0 Å². The molecular formula is C24H27N3O5. The van der Waals surface area contributed by atoms with Gasteiger partial charge in [0.05, 0.1) is 7.11 Å². The molecule has 168 valence electrons. The van der Waals surface area contributed by atoms with Crippen molar-refractivity contribution in [3.05, 3.63) is 59.7 Å². The van der Waals surface area contributed by atoms with Crippen LogP contribution in [0.15, 0.2) is 48.5 Å². The highest BCUT2D eigenvalue weighted by molar-refractivity contribution is 5.99. The Morgan fingerprint density at radius 2 is 1.59 bits per heavy atom. The van der Waals surface area contributed by atoms with Crippen LogP contribution in [0, 0.1) is 0 Å². The molecule has 32 heavy (non-hydrogen) atoms. The van der Waals surface area contributed by atoms with Crippen molar-refractivity contribution in [2.45, 2.75) is 18.9 Å². The standard InChI is InChI=1S/C24H27N3O5/c1-31-20-9-7-17(8-10-20)23(29)26-11-13-27(14-12-26)24(30)18-4-2-5-19(16-18)25-22(28)21-6-3-15-32-21/h2,4-5,7-10,16,21H,3,6,11-15H2,1H3,(H,25,28)/t21-/m1/s1. The zero-order chi connectivity index (χ0) is 22.5. The monoisotopic (exact) mass is 437 g/mol. The summed E-state index contributed by atoms with van der Waals surface area (Å²) < 4.78 is 10.5. The minimum Gasteiger partial charge on any atom is -0.497 e. The van der Waals surface area contributed by atoms with Crippen LogP contribution in [-0.2, 0) is 9.53 Å². The van der Waals surface area contributed by atoms with Crippen molar-refractivity contribution in [2.24, 2.45) is 0 Å². The van der Waals surface area contributed by atoms with Gasteiger partial charge < -0.3 is 24.6 Å². The maximum absolute atomic E-state index is 13.0. The number of hydrogen-bond donors (Lipinski definition) is 1. The number of ether oxygens (including phenoxy) is 2.